The van der Waals surface area contributed by atoms with E-state index in [1.54, 1.807) is 0 Å². The molecular weight excluding hydrogens is 228 g/mol. The molecule has 0 amide bonds. The van der Waals surface area contributed by atoms with Gasteiger partial charge in [-0.3, -0.25) is 0 Å². The van der Waals surface area contributed by atoms with Crippen molar-refractivity contribution in [2.45, 2.75) is 51.6 Å². The van der Waals surface area contributed by atoms with Gasteiger partial charge in [-0.05, 0) is 32.1 Å². The molecule has 0 spiro atoms. The summed E-state index contributed by atoms with van der Waals surface area (Å²) in [6.07, 6.45) is 1.56. The Morgan fingerprint density at radius 3 is 2.71 bits per heavy atom. The van der Waals surface area contributed by atoms with Gasteiger partial charge in [-0.15, -0.1) is 0 Å². The third kappa shape index (κ3) is 4.37. The lowest BCUT2D eigenvalue weighted by Crippen LogP contribution is -2.41. The van der Waals surface area contributed by atoms with Crippen LogP contribution in [0.5, 0.6) is 0 Å². The van der Waals surface area contributed by atoms with Crippen molar-refractivity contribution in [2.75, 3.05) is 0 Å². The fourth-order valence-corrected chi connectivity index (χ4v) is 10.1. The van der Waals surface area contributed by atoms with Gasteiger partial charge in [0.1, 0.15) is 0 Å². The second-order valence-corrected chi connectivity index (χ2v) is 10.4. The molecular formula is C8H21O3Si3. The van der Waals surface area contributed by atoms with E-state index in [1.165, 1.54) is 12.5 Å². The lowest BCUT2D eigenvalue weighted by atomic mass is 10.5. The highest BCUT2D eigenvalue weighted by Gasteiger charge is 2.26. The monoisotopic (exact) mass is 249 g/mol. The summed E-state index contributed by atoms with van der Waals surface area (Å²) in [6, 6.07) is 2.37. The quantitative estimate of drug-likeness (QED) is 0.695. The van der Waals surface area contributed by atoms with E-state index >= 15 is 0 Å². The van der Waals surface area contributed by atoms with Crippen LogP contribution in [0.4, 0.5) is 0 Å². The smallest absolute Gasteiger partial charge is 0.309 e. The first-order chi connectivity index (χ1) is 6.61. The van der Waals surface area contributed by atoms with Crippen molar-refractivity contribution >= 4 is 27.6 Å². The van der Waals surface area contributed by atoms with Crippen LogP contribution in [0.25, 0.3) is 0 Å². The Balaban J connectivity index is 2.47. The summed E-state index contributed by atoms with van der Waals surface area (Å²) < 4.78 is 17.7. The third-order valence-corrected chi connectivity index (χ3v) is 10.8. The summed E-state index contributed by atoms with van der Waals surface area (Å²) in [5, 5.41) is 0. The van der Waals surface area contributed by atoms with Gasteiger partial charge in [0, 0.05) is 6.10 Å². The fourth-order valence-electron chi connectivity index (χ4n) is 1.75. The summed E-state index contributed by atoms with van der Waals surface area (Å²) in [5.41, 5.74) is 0. The average molecular weight is 250 g/mol. The van der Waals surface area contributed by atoms with E-state index in [0.717, 1.165) is 6.04 Å². The molecule has 3 unspecified atom stereocenters. The Hall–Kier alpha value is 0.531. The third-order valence-electron chi connectivity index (χ3n) is 2.18. The van der Waals surface area contributed by atoms with E-state index < -0.39 is 27.6 Å². The van der Waals surface area contributed by atoms with Crippen molar-refractivity contribution in [2.24, 2.45) is 0 Å². The lowest BCUT2D eigenvalue weighted by molar-refractivity contribution is 0.188. The molecule has 1 aliphatic rings. The van der Waals surface area contributed by atoms with Crippen molar-refractivity contribution in [1.29, 1.82) is 0 Å². The van der Waals surface area contributed by atoms with Gasteiger partial charge in [-0.1, -0.05) is 13.3 Å². The molecule has 3 nitrogen and oxygen atoms in total. The van der Waals surface area contributed by atoms with Crippen molar-refractivity contribution in [3.8, 4) is 0 Å². The van der Waals surface area contributed by atoms with Gasteiger partial charge in [0.05, 0.1) is 0 Å². The van der Waals surface area contributed by atoms with Gasteiger partial charge in [0.2, 0.25) is 9.04 Å². The van der Waals surface area contributed by atoms with Gasteiger partial charge in [0.25, 0.3) is 9.28 Å². The predicted molar refractivity (Wildman–Crippen MR) is 64.4 cm³/mol. The van der Waals surface area contributed by atoms with Crippen LogP contribution in [0.2, 0.25) is 25.2 Å². The minimum absolute atomic E-state index is 0.346. The molecule has 0 aromatic carbocycles. The molecule has 0 N–H and O–H groups in total. The highest BCUT2D eigenvalue weighted by atomic mass is 28.4. The molecule has 83 valence electrons. The molecule has 14 heavy (non-hydrogen) atoms. The van der Waals surface area contributed by atoms with Crippen LogP contribution in [0.3, 0.4) is 0 Å². The fraction of sp³-hybridized carbons (Fsp3) is 1.00. The molecule has 6 heteroatoms. The summed E-state index contributed by atoms with van der Waals surface area (Å²) in [4.78, 5) is 0. The molecule has 0 aromatic heterocycles. The Bertz CT molecular complexity index is 156. The molecule has 0 bridgehead atoms. The van der Waals surface area contributed by atoms with Crippen LogP contribution in [-0.2, 0) is 12.7 Å². The van der Waals surface area contributed by atoms with Crippen LogP contribution < -0.4 is 0 Å². The Kier molecular flexibility index (Phi) is 5.57. The summed E-state index contributed by atoms with van der Waals surface area (Å²) in [7, 11) is -3.38. The molecule has 1 heterocycles. The zero-order chi connectivity index (χ0) is 10.6. The van der Waals surface area contributed by atoms with Gasteiger partial charge in [-0.25, -0.2) is 0 Å². The maximum Gasteiger partial charge on any atom is 0.309 e. The first-order valence-corrected chi connectivity index (χ1v) is 11.5. The normalized spacial score (nSPS) is 36.4. The average Bonchev–Trinajstić information content (AvgIpc) is 2.00. The zero-order valence-corrected chi connectivity index (χ0v) is 12.9. The van der Waals surface area contributed by atoms with Crippen molar-refractivity contribution in [3.63, 3.8) is 0 Å². The molecule has 1 fully saturated rings. The van der Waals surface area contributed by atoms with Crippen LogP contribution in [0.1, 0.15) is 20.3 Å². The summed E-state index contributed by atoms with van der Waals surface area (Å²) in [6.45, 7) is 8.59. The molecule has 0 aliphatic carbocycles. The molecule has 1 rings (SSSR count). The molecule has 0 saturated carbocycles. The van der Waals surface area contributed by atoms with Gasteiger partial charge < -0.3 is 12.7 Å². The van der Waals surface area contributed by atoms with E-state index in [9.17, 15) is 0 Å². The molecule has 1 saturated heterocycles. The van der Waals surface area contributed by atoms with Gasteiger partial charge in [-0.2, -0.15) is 0 Å². The van der Waals surface area contributed by atoms with E-state index in [2.05, 4.69) is 26.9 Å². The first kappa shape index (κ1) is 12.6. The predicted octanol–water partition coefficient (Wildman–Crippen LogP) is 1.54. The molecule has 1 radical (unpaired) electrons. The zero-order valence-electron chi connectivity index (χ0n) is 9.58. The number of hydrogen-bond acceptors (Lipinski definition) is 3. The summed E-state index contributed by atoms with van der Waals surface area (Å²) in [5.74, 6) is 0. The maximum atomic E-state index is 6.05. The van der Waals surface area contributed by atoms with Crippen LogP contribution in [0, 0.1) is 0 Å². The maximum absolute atomic E-state index is 6.05. The Morgan fingerprint density at radius 2 is 2.07 bits per heavy atom. The Morgan fingerprint density at radius 1 is 1.36 bits per heavy atom. The van der Waals surface area contributed by atoms with Crippen LogP contribution in [-0.4, -0.2) is 33.7 Å². The van der Waals surface area contributed by atoms with Crippen LogP contribution in [0.15, 0.2) is 0 Å². The topological polar surface area (TPSA) is 27.7 Å². The van der Waals surface area contributed by atoms with E-state index in [-0.39, 0.29) is 0 Å². The second kappa shape index (κ2) is 6.19. The number of rotatable bonds is 2. The van der Waals surface area contributed by atoms with Crippen molar-refractivity contribution in [3.05, 3.63) is 0 Å². The van der Waals surface area contributed by atoms with E-state index in [0.29, 0.717) is 6.10 Å². The van der Waals surface area contributed by atoms with E-state index in [4.69, 9.17) is 12.7 Å². The molecule has 1 aliphatic heterocycles. The molecule has 0 aromatic rings. The van der Waals surface area contributed by atoms with Gasteiger partial charge in [0.15, 0.2) is 0 Å². The summed E-state index contributed by atoms with van der Waals surface area (Å²) >= 11 is 0. The highest BCUT2D eigenvalue weighted by molar-refractivity contribution is 6.67. The molecule has 3 atom stereocenters. The first-order valence-electron chi connectivity index (χ1n) is 5.44. The van der Waals surface area contributed by atoms with Crippen LogP contribution >= 0.6 is 0 Å². The minimum Gasteiger partial charge on any atom is -0.438 e. The minimum atomic E-state index is -1.38. The highest BCUT2D eigenvalue weighted by Crippen LogP contribution is 2.16. The largest absolute Gasteiger partial charge is 0.438 e. The Labute approximate surface area is 92.2 Å². The van der Waals surface area contributed by atoms with Crippen molar-refractivity contribution in [1.82, 2.24) is 0 Å². The van der Waals surface area contributed by atoms with Crippen molar-refractivity contribution < 1.29 is 12.7 Å². The number of hydrogen-bond donors (Lipinski definition) is 0. The van der Waals surface area contributed by atoms with Gasteiger partial charge >= 0.3 is 9.28 Å². The second-order valence-electron chi connectivity index (χ2n) is 3.83. The standard InChI is InChI=1S/C8H21O3Si3/c1-5-6-14-7-8(2)9-12(3)10-13(4)11-14/h8,12-13H,5-7H2,1-4H3. The lowest BCUT2D eigenvalue weighted by Gasteiger charge is -2.30. The SMILES string of the molecule is CCC[Si]1CC(C)O[SiH](C)O[SiH](C)O1. The van der Waals surface area contributed by atoms with E-state index in [1.807, 2.05) is 0 Å².